The van der Waals surface area contributed by atoms with Crippen molar-refractivity contribution in [3.8, 4) is 0 Å². The van der Waals surface area contributed by atoms with Crippen LogP contribution in [0.15, 0.2) is 18.2 Å². The van der Waals surface area contributed by atoms with Gasteiger partial charge in [0.15, 0.2) is 0 Å². The number of aryl methyl sites for hydroxylation is 2. The third kappa shape index (κ3) is 2.83. The Morgan fingerprint density at radius 3 is 2.55 bits per heavy atom. The van der Waals surface area contributed by atoms with Crippen LogP contribution in [0.5, 0.6) is 0 Å². The molecule has 1 saturated heterocycles. The van der Waals surface area contributed by atoms with E-state index in [2.05, 4.69) is 5.32 Å². The number of benzene rings is 1. The summed E-state index contributed by atoms with van der Waals surface area (Å²) in [6.45, 7) is 5.02. The SMILES string of the molecule is Cc1ccc(NC(=O)C2(C(N)=S)CCOCC2)c(C)c1. The van der Waals surface area contributed by atoms with Crippen LogP contribution in [0.3, 0.4) is 0 Å². The number of nitrogens with one attached hydrogen (secondary N) is 1. The average molecular weight is 292 g/mol. The molecule has 2 rings (SSSR count). The number of ether oxygens (including phenoxy) is 1. The largest absolute Gasteiger partial charge is 0.392 e. The molecular formula is C15H20N2O2S. The number of thiocarbonyl (C=S) groups is 1. The molecule has 1 aliphatic rings. The zero-order chi connectivity index (χ0) is 14.8. The summed E-state index contributed by atoms with van der Waals surface area (Å²) in [5, 5.41) is 2.97. The Labute approximate surface area is 124 Å². The molecule has 0 radical (unpaired) electrons. The number of carbonyl (C=O) groups is 1. The fourth-order valence-electron chi connectivity index (χ4n) is 2.50. The molecule has 3 N–H and O–H groups in total. The van der Waals surface area contributed by atoms with Crippen molar-refractivity contribution in [3.05, 3.63) is 29.3 Å². The highest BCUT2D eigenvalue weighted by Gasteiger charge is 2.43. The van der Waals surface area contributed by atoms with Crippen molar-refractivity contribution in [2.24, 2.45) is 11.1 Å². The van der Waals surface area contributed by atoms with E-state index in [-0.39, 0.29) is 10.9 Å². The van der Waals surface area contributed by atoms with Gasteiger partial charge in [0.05, 0.1) is 4.99 Å². The molecule has 1 aromatic carbocycles. The molecule has 108 valence electrons. The van der Waals surface area contributed by atoms with Crippen LogP contribution >= 0.6 is 12.2 Å². The first-order chi connectivity index (χ1) is 9.45. The van der Waals surface area contributed by atoms with E-state index in [9.17, 15) is 4.79 Å². The molecule has 0 bridgehead atoms. The van der Waals surface area contributed by atoms with Crippen LogP contribution in [0.1, 0.15) is 24.0 Å². The zero-order valence-electron chi connectivity index (χ0n) is 11.9. The van der Waals surface area contributed by atoms with Crippen LogP contribution in [0, 0.1) is 19.3 Å². The van der Waals surface area contributed by atoms with Gasteiger partial charge < -0.3 is 15.8 Å². The first-order valence-corrected chi connectivity index (χ1v) is 7.13. The smallest absolute Gasteiger partial charge is 0.237 e. The lowest BCUT2D eigenvalue weighted by molar-refractivity contribution is -0.126. The molecule has 0 unspecified atom stereocenters. The van der Waals surface area contributed by atoms with Crippen LogP contribution < -0.4 is 11.1 Å². The normalized spacial score (nSPS) is 17.5. The van der Waals surface area contributed by atoms with Gasteiger partial charge in [-0.25, -0.2) is 0 Å². The van der Waals surface area contributed by atoms with Crippen molar-refractivity contribution in [2.45, 2.75) is 26.7 Å². The van der Waals surface area contributed by atoms with E-state index in [4.69, 9.17) is 22.7 Å². The Bertz CT molecular complexity index is 537. The molecule has 1 amide bonds. The number of anilines is 1. The maximum Gasteiger partial charge on any atom is 0.237 e. The van der Waals surface area contributed by atoms with Gasteiger partial charge in [0.1, 0.15) is 5.41 Å². The van der Waals surface area contributed by atoms with Gasteiger partial charge in [0, 0.05) is 18.9 Å². The zero-order valence-corrected chi connectivity index (χ0v) is 12.7. The molecule has 1 aromatic rings. The Balaban J connectivity index is 2.22. The maximum absolute atomic E-state index is 12.6. The van der Waals surface area contributed by atoms with Crippen molar-refractivity contribution in [1.29, 1.82) is 0 Å². The molecule has 0 aliphatic carbocycles. The second kappa shape index (κ2) is 5.89. The van der Waals surface area contributed by atoms with Gasteiger partial charge in [-0.3, -0.25) is 4.79 Å². The van der Waals surface area contributed by atoms with Gasteiger partial charge in [0.25, 0.3) is 0 Å². The molecule has 1 fully saturated rings. The topological polar surface area (TPSA) is 64.4 Å². The van der Waals surface area contributed by atoms with Gasteiger partial charge in [-0.15, -0.1) is 0 Å². The second-order valence-electron chi connectivity index (χ2n) is 5.33. The maximum atomic E-state index is 12.6. The minimum absolute atomic E-state index is 0.125. The van der Waals surface area contributed by atoms with E-state index in [1.165, 1.54) is 0 Å². The molecule has 0 spiro atoms. The van der Waals surface area contributed by atoms with E-state index in [0.29, 0.717) is 26.1 Å². The number of nitrogens with two attached hydrogens (primary N) is 1. The third-order valence-corrected chi connectivity index (χ3v) is 4.27. The molecular weight excluding hydrogens is 272 g/mol. The monoisotopic (exact) mass is 292 g/mol. The number of amides is 1. The second-order valence-corrected chi connectivity index (χ2v) is 5.77. The number of hydrogen-bond acceptors (Lipinski definition) is 3. The van der Waals surface area contributed by atoms with Crippen LogP contribution in [0.2, 0.25) is 0 Å². The van der Waals surface area contributed by atoms with Crippen LogP contribution in [0.4, 0.5) is 5.69 Å². The number of hydrogen-bond donors (Lipinski definition) is 2. The predicted octanol–water partition coefficient (Wildman–Crippen LogP) is 2.32. The van der Waals surface area contributed by atoms with Crippen molar-refractivity contribution < 1.29 is 9.53 Å². The summed E-state index contributed by atoms with van der Waals surface area (Å²) in [6, 6.07) is 5.92. The van der Waals surface area contributed by atoms with Crippen LogP contribution in [0.25, 0.3) is 0 Å². The van der Waals surface area contributed by atoms with E-state index in [0.717, 1.165) is 16.8 Å². The highest BCUT2D eigenvalue weighted by molar-refractivity contribution is 7.80. The van der Waals surface area contributed by atoms with Crippen molar-refractivity contribution in [2.75, 3.05) is 18.5 Å². The van der Waals surface area contributed by atoms with Gasteiger partial charge in [-0.2, -0.15) is 0 Å². The van der Waals surface area contributed by atoms with Gasteiger partial charge >= 0.3 is 0 Å². The summed E-state index contributed by atoms with van der Waals surface area (Å²) in [4.78, 5) is 12.9. The summed E-state index contributed by atoms with van der Waals surface area (Å²) >= 11 is 5.14. The van der Waals surface area contributed by atoms with E-state index in [1.807, 2.05) is 32.0 Å². The van der Waals surface area contributed by atoms with Crippen molar-refractivity contribution in [1.82, 2.24) is 0 Å². The fourth-order valence-corrected chi connectivity index (χ4v) is 2.80. The Hall–Kier alpha value is -1.46. The quantitative estimate of drug-likeness (QED) is 0.839. The molecule has 5 heteroatoms. The Morgan fingerprint density at radius 2 is 2.00 bits per heavy atom. The summed E-state index contributed by atoms with van der Waals surface area (Å²) < 4.78 is 5.32. The molecule has 1 heterocycles. The summed E-state index contributed by atoms with van der Waals surface area (Å²) in [7, 11) is 0. The van der Waals surface area contributed by atoms with Crippen molar-refractivity contribution >= 4 is 28.8 Å². The minimum atomic E-state index is -0.787. The molecule has 4 nitrogen and oxygen atoms in total. The van der Waals surface area contributed by atoms with Gasteiger partial charge in [-0.1, -0.05) is 29.9 Å². The number of rotatable bonds is 3. The summed E-state index contributed by atoms with van der Waals surface area (Å²) in [5.41, 5.74) is 8.05. The number of carbonyl (C=O) groups excluding carboxylic acids is 1. The standard InChI is InChI=1S/C15H20N2O2S/c1-10-3-4-12(11(2)9-10)17-14(18)15(13(16)20)5-7-19-8-6-15/h3-4,9H,5-8H2,1-2H3,(H2,16,20)(H,17,18). The van der Waals surface area contributed by atoms with Gasteiger partial charge in [-0.05, 0) is 38.3 Å². The Kier molecular flexibility index (Phi) is 4.40. The molecule has 20 heavy (non-hydrogen) atoms. The lowest BCUT2D eigenvalue weighted by Gasteiger charge is -2.34. The summed E-state index contributed by atoms with van der Waals surface area (Å²) in [6.07, 6.45) is 1.08. The van der Waals surface area contributed by atoms with Crippen molar-refractivity contribution in [3.63, 3.8) is 0 Å². The van der Waals surface area contributed by atoms with E-state index < -0.39 is 5.41 Å². The third-order valence-electron chi connectivity index (χ3n) is 3.88. The first-order valence-electron chi connectivity index (χ1n) is 6.72. The predicted molar refractivity (Wildman–Crippen MR) is 83.8 cm³/mol. The molecule has 0 aromatic heterocycles. The molecule has 0 saturated carbocycles. The van der Waals surface area contributed by atoms with Crippen LogP contribution in [-0.2, 0) is 9.53 Å². The highest BCUT2D eigenvalue weighted by atomic mass is 32.1. The van der Waals surface area contributed by atoms with Gasteiger partial charge in [0.2, 0.25) is 5.91 Å². The van der Waals surface area contributed by atoms with Crippen LogP contribution in [-0.4, -0.2) is 24.1 Å². The molecule has 1 aliphatic heterocycles. The lowest BCUT2D eigenvalue weighted by Crippen LogP contribution is -2.49. The average Bonchev–Trinajstić information content (AvgIpc) is 2.42. The fraction of sp³-hybridized carbons (Fsp3) is 0.467. The highest BCUT2D eigenvalue weighted by Crippen LogP contribution is 2.33. The molecule has 0 atom stereocenters. The Morgan fingerprint density at radius 1 is 1.35 bits per heavy atom. The van der Waals surface area contributed by atoms with E-state index >= 15 is 0 Å². The minimum Gasteiger partial charge on any atom is -0.392 e. The lowest BCUT2D eigenvalue weighted by atomic mass is 9.79. The van der Waals surface area contributed by atoms with E-state index in [1.54, 1.807) is 0 Å². The first kappa shape index (κ1) is 14.9. The summed E-state index contributed by atoms with van der Waals surface area (Å²) in [5.74, 6) is -0.125.